The van der Waals surface area contributed by atoms with Gasteiger partial charge in [0, 0.05) is 10.8 Å². The molecular formula is C24H13LiO8. The van der Waals surface area contributed by atoms with E-state index in [4.69, 9.17) is 0 Å². The summed E-state index contributed by atoms with van der Waals surface area (Å²) in [5.41, 5.74) is -0.696. The van der Waals surface area contributed by atoms with Crippen molar-refractivity contribution < 1.29 is 59.9 Å². The van der Waals surface area contributed by atoms with Crippen LogP contribution in [0.2, 0.25) is 0 Å². The second-order valence-corrected chi connectivity index (χ2v) is 7.36. The SMILES string of the molecule is O=C(O)c1ccc2c3ccc(C(=O)O)c4c(C(=O)O)ccc(c5ccc(C(=O)O)c1c25)c43.[H-].[Li+]. The van der Waals surface area contributed by atoms with Gasteiger partial charge in [-0.2, -0.15) is 0 Å². The number of carboxylic acids is 4. The number of carboxylic acid groups (broad SMARTS) is 4. The van der Waals surface area contributed by atoms with Crippen LogP contribution in [-0.4, -0.2) is 44.3 Å². The molecule has 33 heavy (non-hydrogen) atoms. The summed E-state index contributed by atoms with van der Waals surface area (Å²) in [6, 6.07) is 11.4. The minimum Gasteiger partial charge on any atom is -1.00 e. The van der Waals surface area contributed by atoms with Crippen molar-refractivity contribution in [1.82, 2.24) is 0 Å². The number of aromatic carboxylic acids is 4. The van der Waals surface area contributed by atoms with Gasteiger partial charge in [-0.25, -0.2) is 19.2 Å². The second-order valence-electron chi connectivity index (χ2n) is 7.36. The average Bonchev–Trinajstić information content (AvgIpc) is 2.75. The molecule has 0 aromatic heterocycles. The molecule has 0 saturated heterocycles. The van der Waals surface area contributed by atoms with Crippen molar-refractivity contribution >= 4 is 67.0 Å². The van der Waals surface area contributed by atoms with E-state index in [0.717, 1.165) is 0 Å². The van der Waals surface area contributed by atoms with Crippen molar-refractivity contribution in [2.75, 3.05) is 0 Å². The standard InChI is InChI=1S/C24H12O8.Li.H/c25-21(26)13-5-1-9-10-2-6-15(23(29)30)20-16(24(31)32)8-4-12(18(10)20)11-3-7-14(22(27)28)19(13)17(9)11;;/h1-8H,(H,25,26)(H,27,28)(H,29,30)(H,31,32);;/q;+1;-1. The Labute approximate surface area is 197 Å². The quantitative estimate of drug-likeness (QED) is 0.189. The van der Waals surface area contributed by atoms with Gasteiger partial charge in [0.25, 0.3) is 0 Å². The minimum absolute atomic E-state index is 0. The third-order valence-corrected chi connectivity index (χ3v) is 5.82. The van der Waals surface area contributed by atoms with E-state index in [2.05, 4.69) is 0 Å². The molecule has 4 N–H and O–H groups in total. The van der Waals surface area contributed by atoms with Crippen LogP contribution in [0.4, 0.5) is 0 Å². The Hall–Kier alpha value is -4.12. The Morgan fingerprint density at radius 1 is 0.424 bits per heavy atom. The molecule has 0 atom stereocenters. The topological polar surface area (TPSA) is 149 Å². The van der Waals surface area contributed by atoms with Crippen LogP contribution in [0.15, 0.2) is 48.5 Å². The largest absolute Gasteiger partial charge is 1.00 e. The molecule has 0 aliphatic heterocycles. The fourth-order valence-corrected chi connectivity index (χ4v) is 4.60. The number of carbonyl (C=O) groups is 4. The normalized spacial score (nSPS) is 11.2. The molecule has 0 fully saturated rings. The maximum absolute atomic E-state index is 11.9. The molecule has 0 heterocycles. The van der Waals surface area contributed by atoms with Gasteiger partial charge in [0.05, 0.1) is 22.3 Å². The van der Waals surface area contributed by atoms with Crippen molar-refractivity contribution in [2.24, 2.45) is 0 Å². The molecule has 5 aromatic rings. The molecule has 9 heteroatoms. The first-order valence-corrected chi connectivity index (χ1v) is 9.35. The van der Waals surface area contributed by atoms with Crippen LogP contribution < -0.4 is 18.9 Å². The third-order valence-electron chi connectivity index (χ3n) is 5.82. The molecular weight excluding hydrogens is 423 g/mol. The predicted molar refractivity (Wildman–Crippen MR) is 117 cm³/mol. The first kappa shape index (κ1) is 22.1. The van der Waals surface area contributed by atoms with E-state index in [1.807, 2.05) is 0 Å². The molecule has 0 aliphatic rings. The number of rotatable bonds is 4. The summed E-state index contributed by atoms with van der Waals surface area (Å²) in [5.74, 6) is -5.13. The van der Waals surface area contributed by atoms with Gasteiger partial charge >= 0.3 is 42.7 Å². The molecule has 0 aliphatic carbocycles. The van der Waals surface area contributed by atoms with Gasteiger partial charge in [-0.15, -0.1) is 0 Å². The van der Waals surface area contributed by atoms with Gasteiger partial charge in [-0.3, -0.25) is 0 Å². The fourth-order valence-electron chi connectivity index (χ4n) is 4.60. The van der Waals surface area contributed by atoms with E-state index < -0.39 is 23.9 Å². The van der Waals surface area contributed by atoms with E-state index in [-0.39, 0.29) is 53.3 Å². The van der Waals surface area contributed by atoms with Crippen molar-refractivity contribution in [2.45, 2.75) is 0 Å². The van der Waals surface area contributed by atoms with Crippen LogP contribution in [0.3, 0.4) is 0 Å². The first-order chi connectivity index (χ1) is 15.2. The van der Waals surface area contributed by atoms with Gasteiger partial charge in [0.15, 0.2) is 0 Å². The summed E-state index contributed by atoms with van der Waals surface area (Å²) < 4.78 is 0. The van der Waals surface area contributed by atoms with E-state index in [1.54, 1.807) is 0 Å². The van der Waals surface area contributed by atoms with Gasteiger partial charge in [0.2, 0.25) is 0 Å². The zero-order valence-corrected chi connectivity index (χ0v) is 17.0. The average molecular weight is 436 g/mol. The summed E-state index contributed by atoms with van der Waals surface area (Å²) in [4.78, 5) is 47.5. The van der Waals surface area contributed by atoms with Gasteiger partial charge in [-0.1, -0.05) is 24.3 Å². The number of hydrogen-bond acceptors (Lipinski definition) is 4. The smallest absolute Gasteiger partial charge is 1.00 e. The molecule has 0 amide bonds. The molecule has 5 rings (SSSR count). The molecule has 0 saturated carbocycles. The summed E-state index contributed by atoms with van der Waals surface area (Å²) in [7, 11) is 0. The van der Waals surface area contributed by atoms with E-state index in [1.165, 1.54) is 48.5 Å². The van der Waals surface area contributed by atoms with Crippen LogP contribution in [0.25, 0.3) is 43.1 Å². The number of hydrogen-bond donors (Lipinski definition) is 4. The predicted octanol–water partition coefficient (Wildman–Crippen LogP) is 1.65. The molecule has 0 unspecified atom stereocenters. The summed E-state index contributed by atoms with van der Waals surface area (Å²) >= 11 is 0. The number of benzene rings is 5. The van der Waals surface area contributed by atoms with Crippen molar-refractivity contribution in [1.29, 1.82) is 0 Å². The second kappa shape index (κ2) is 7.48. The zero-order valence-electron chi connectivity index (χ0n) is 18.0. The van der Waals surface area contributed by atoms with Crippen molar-refractivity contribution in [3.63, 3.8) is 0 Å². The van der Waals surface area contributed by atoms with Crippen molar-refractivity contribution in [3.05, 3.63) is 70.8 Å². The first-order valence-electron chi connectivity index (χ1n) is 9.35. The Balaban J connectivity index is 0.00000162. The molecule has 0 radical (unpaired) electrons. The summed E-state index contributed by atoms with van der Waals surface area (Å²) in [6.07, 6.45) is 0. The van der Waals surface area contributed by atoms with E-state index in [9.17, 15) is 39.6 Å². The Kier molecular flexibility index (Phi) is 5.01. The van der Waals surface area contributed by atoms with E-state index >= 15 is 0 Å². The monoisotopic (exact) mass is 436 g/mol. The van der Waals surface area contributed by atoms with Gasteiger partial charge in [-0.05, 0) is 56.6 Å². The van der Waals surface area contributed by atoms with Crippen LogP contribution >= 0.6 is 0 Å². The fraction of sp³-hybridized carbons (Fsp3) is 0. The van der Waals surface area contributed by atoms with Crippen LogP contribution in [-0.2, 0) is 0 Å². The Morgan fingerprint density at radius 2 is 0.636 bits per heavy atom. The molecule has 0 spiro atoms. The maximum Gasteiger partial charge on any atom is 1.00 e. The molecule has 5 aromatic carbocycles. The van der Waals surface area contributed by atoms with Crippen LogP contribution in [0, 0.1) is 0 Å². The Bertz CT molecular complexity index is 1450. The summed E-state index contributed by atoms with van der Waals surface area (Å²) in [5, 5.41) is 41.7. The van der Waals surface area contributed by atoms with Crippen molar-refractivity contribution in [3.8, 4) is 0 Å². The van der Waals surface area contributed by atoms with E-state index in [0.29, 0.717) is 32.3 Å². The number of fused-ring (bicyclic) bond motifs is 2. The third kappa shape index (κ3) is 2.93. The van der Waals surface area contributed by atoms with Gasteiger partial charge in [0.1, 0.15) is 0 Å². The molecule has 0 bridgehead atoms. The van der Waals surface area contributed by atoms with Crippen LogP contribution in [0.1, 0.15) is 42.9 Å². The van der Waals surface area contributed by atoms with Gasteiger partial charge < -0.3 is 21.9 Å². The zero-order chi connectivity index (χ0) is 22.9. The Morgan fingerprint density at radius 3 is 0.818 bits per heavy atom. The summed E-state index contributed by atoms with van der Waals surface area (Å²) in [6.45, 7) is 0. The maximum atomic E-state index is 11.9. The minimum atomic E-state index is -1.28. The molecule has 8 nitrogen and oxygen atoms in total. The molecule has 158 valence electrons. The van der Waals surface area contributed by atoms with Crippen LogP contribution in [0.5, 0.6) is 0 Å².